The lowest BCUT2D eigenvalue weighted by molar-refractivity contribution is -0.0507. The summed E-state index contributed by atoms with van der Waals surface area (Å²) in [4.78, 5) is 17.3. The van der Waals surface area contributed by atoms with Crippen LogP contribution in [-0.2, 0) is 15.7 Å². The van der Waals surface area contributed by atoms with Gasteiger partial charge >= 0.3 is 13.7 Å². The zero-order valence-corrected chi connectivity index (χ0v) is 20.7. The highest BCUT2D eigenvalue weighted by Gasteiger charge is 2.52. The van der Waals surface area contributed by atoms with E-state index >= 15 is 4.39 Å². The molecule has 0 bridgehead atoms. The summed E-state index contributed by atoms with van der Waals surface area (Å²) in [7, 11) is 0.542. The van der Waals surface area contributed by atoms with Crippen LogP contribution in [0.3, 0.4) is 0 Å². The van der Waals surface area contributed by atoms with Crippen LogP contribution in [0.25, 0.3) is 11.0 Å². The van der Waals surface area contributed by atoms with Crippen molar-refractivity contribution in [2.75, 3.05) is 7.05 Å². The van der Waals surface area contributed by atoms with Gasteiger partial charge in [0.15, 0.2) is 0 Å². The van der Waals surface area contributed by atoms with Crippen molar-refractivity contribution in [3.63, 3.8) is 0 Å². The Kier molecular flexibility index (Phi) is 5.83. The van der Waals surface area contributed by atoms with Gasteiger partial charge in [-0.1, -0.05) is 6.07 Å². The molecule has 1 N–H and O–H groups in total. The average molecular weight is 501 g/mol. The second-order valence-electron chi connectivity index (χ2n) is 10.1. The molecule has 1 aromatic heterocycles. The predicted molar refractivity (Wildman–Crippen MR) is 128 cm³/mol. The molecule has 0 radical (unpaired) electrons. The molecule has 1 saturated heterocycles. The molecule has 2 aromatic carbocycles. The highest BCUT2D eigenvalue weighted by molar-refractivity contribution is 6.62. The molecule has 0 saturated carbocycles. The highest BCUT2D eigenvalue weighted by atomic mass is 19.3. The maximum absolute atomic E-state index is 15.2. The molecule has 0 unspecified atom stereocenters. The molecule has 2 aliphatic rings. The summed E-state index contributed by atoms with van der Waals surface area (Å²) in [5.74, 6) is -0.359. The minimum Gasteiger partial charge on any atom is -0.434 e. The summed E-state index contributed by atoms with van der Waals surface area (Å²) in [6.45, 7) is 4.48. The Balaban J connectivity index is 1.66. The number of aromatic nitrogens is 2. The van der Waals surface area contributed by atoms with Crippen LogP contribution < -0.4 is 15.5 Å². The van der Waals surface area contributed by atoms with Crippen LogP contribution in [-0.4, -0.2) is 47.4 Å². The van der Waals surface area contributed by atoms with E-state index in [2.05, 4.69) is 10.3 Å². The van der Waals surface area contributed by atoms with Gasteiger partial charge in [-0.05, 0) is 52.3 Å². The number of fused-ring (bicyclic) bond motifs is 3. The fourth-order valence-corrected chi connectivity index (χ4v) is 4.94. The van der Waals surface area contributed by atoms with Gasteiger partial charge in [0.05, 0.1) is 28.3 Å². The molecule has 190 valence electrons. The van der Waals surface area contributed by atoms with Gasteiger partial charge in [-0.25, -0.2) is 9.37 Å². The number of ether oxygens (including phenoxy) is 1. The monoisotopic (exact) mass is 501 g/mol. The van der Waals surface area contributed by atoms with Crippen LogP contribution in [0.15, 0.2) is 30.3 Å². The summed E-state index contributed by atoms with van der Waals surface area (Å²) < 4.78 is 60.6. The number of aryl methyl sites for hydroxylation is 1. The van der Waals surface area contributed by atoms with Crippen LogP contribution in [0.2, 0.25) is 0 Å². The van der Waals surface area contributed by atoms with Crippen molar-refractivity contribution in [2.24, 2.45) is 0 Å². The minimum atomic E-state index is -3.06. The van der Waals surface area contributed by atoms with Gasteiger partial charge in [-0.3, -0.25) is 4.79 Å². The molecule has 0 spiro atoms. The molecule has 7 nitrogen and oxygen atoms in total. The largest absolute Gasteiger partial charge is 0.497 e. The first-order chi connectivity index (χ1) is 16.9. The Morgan fingerprint density at radius 3 is 2.56 bits per heavy atom. The molecule has 36 heavy (non-hydrogen) atoms. The maximum Gasteiger partial charge on any atom is 0.497 e. The Labute approximate surface area is 207 Å². The molecule has 0 aliphatic carbocycles. The number of imidazole rings is 1. The van der Waals surface area contributed by atoms with Gasteiger partial charge < -0.3 is 23.9 Å². The SMILES string of the molecule is CNC(=O)c1cccc(OC(F)F)c1[C@H]1CCc2nc3cc(F)c(B4OC(C)(C)C(C)(C)O4)cc3n21. The fraction of sp³-hybridized carbons (Fsp3) is 0.440. The summed E-state index contributed by atoms with van der Waals surface area (Å²) >= 11 is 0. The zero-order valence-electron chi connectivity index (χ0n) is 20.7. The smallest absolute Gasteiger partial charge is 0.434 e. The fourth-order valence-electron chi connectivity index (χ4n) is 4.94. The van der Waals surface area contributed by atoms with Crippen molar-refractivity contribution in [1.82, 2.24) is 14.9 Å². The van der Waals surface area contributed by atoms with Gasteiger partial charge in [0.1, 0.15) is 17.4 Å². The van der Waals surface area contributed by atoms with Crippen molar-refractivity contribution in [1.29, 1.82) is 0 Å². The molecule has 1 amide bonds. The Morgan fingerprint density at radius 1 is 1.22 bits per heavy atom. The molecule has 1 atom stereocenters. The van der Waals surface area contributed by atoms with Crippen LogP contribution in [0.4, 0.5) is 13.2 Å². The van der Waals surface area contributed by atoms with Crippen molar-refractivity contribution in [2.45, 2.75) is 64.4 Å². The summed E-state index contributed by atoms with van der Waals surface area (Å²) in [6.07, 6.45) is 1.03. The normalized spacial score (nSPS) is 20.2. The molecule has 1 fully saturated rings. The highest BCUT2D eigenvalue weighted by Crippen LogP contribution is 2.42. The number of benzene rings is 2. The van der Waals surface area contributed by atoms with E-state index in [1.165, 1.54) is 25.2 Å². The van der Waals surface area contributed by atoms with E-state index in [9.17, 15) is 13.6 Å². The summed E-state index contributed by atoms with van der Waals surface area (Å²) in [6, 6.07) is 6.93. The lowest BCUT2D eigenvalue weighted by Gasteiger charge is -2.32. The van der Waals surface area contributed by atoms with Crippen LogP contribution in [0.1, 0.15) is 61.9 Å². The number of hydrogen-bond acceptors (Lipinski definition) is 5. The Hall–Kier alpha value is -3.05. The molecule has 11 heteroatoms. The topological polar surface area (TPSA) is 74.6 Å². The quantitative estimate of drug-likeness (QED) is 0.536. The third-order valence-corrected chi connectivity index (χ3v) is 7.43. The third kappa shape index (κ3) is 3.85. The zero-order chi connectivity index (χ0) is 26.0. The van der Waals surface area contributed by atoms with E-state index in [1.807, 2.05) is 32.3 Å². The Bertz CT molecular complexity index is 1340. The summed E-state index contributed by atoms with van der Waals surface area (Å²) in [5.41, 5.74) is 0.470. The van der Waals surface area contributed by atoms with Gasteiger partial charge in [0, 0.05) is 36.1 Å². The molecule has 3 heterocycles. The predicted octanol–water partition coefficient (Wildman–Crippen LogP) is 3.97. The second kappa shape index (κ2) is 8.52. The number of carbonyl (C=O) groups is 1. The van der Waals surface area contributed by atoms with E-state index in [4.69, 9.17) is 14.0 Å². The number of nitrogens with one attached hydrogen (secondary N) is 1. The average Bonchev–Trinajstić information content (AvgIpc) is 3.41. The van der Waals surface area contributed by atoms with Gasteiger partial charge in [0.25, 0.3) is 5.91 Å². The first-order valence-electron chi connectivity index (χ1n) is 11.8. The van der Waals surface area contributed by atoms with Crippen LogP contribution in [0.5, 0.6) is 5.75 Å². The molecule has 3 aromatic rings. The molecular weight excluding hydrogens is 474 g/mol. The third-order valence-electron chi connectivity index (χ3n) is 7.43. The lowest BCUT2D eigenvalue weighted by Crippen LogP contribution is -2.41. The van der Waals surface area contributed by atoms with E-state index in [0.717, 1.165) is 0 Å². The van der Waals surface area contributed by atoms with Crippen LogP contribution in [0, 0.1) is 5.82 Å². The van der Waals surface area contributed by atoms with Crippen LogP contribution >= 0.6 is 0 Å². The standard InChI is InChI=1S/C25H27BF3N3O4/c1-24(2)25(3,4)36-26(35-24)14-11-18-16(12-15(14)27)31-20-10-9-17(32(18)20)21-13(22(33)30-5)7-6-8-19(21)34-23(28)29/h6-8,11-12,17,23H,9-10H2,1-5H3,(H,30,33)/t17-/m1/s1. The van der Waals surface area contributed by atoms with Crippen molar-refractivity contribution in [3.8, 4) is 5.75 Å². The molecular formula is C25H27BF3N3O4. The molecule has 2 aliphatic heterocycles. The number of amides is 1. The van der Waals surface area contributed by atoms with E-state index in [1.54, 1.807) is 12.1 Å². The minimum absolute atomic E-state index is 0.0842. The van der Waals surface area contributed by atoms with Crippen molar-refractivity contribution < 1.29 is 32.0 Å². The molecule has 5 rings (SSSR count). The van der Waals surface area contributed by atoms with Gasteiger partial charge in [-0.15, -0.1) is 0 Å². The first-order valence-corrected chi connectivity index (χ1v) is 11.8. The van der Waals surface area contributed by atoms with Gasteiger partial charge in [-0.2, -0.15) is 8.78 Å². The number of alkyl halides is 2. The number of halogens is 3. The number of hydrogen-bond donors (Lipinski definition) is 1. The number of nitrogens with zero attached hydrogens (tertiary/aromatic N) is 2. The number of carbonyl (C=O) groups excluding carboxylic acids is 1. The van der Waals surface area contributed by atoms with E-state index in [-0.39, 0.29) is 16.8 Å². The van der Waals surface area contributed by atoms with Crippen molar-refractivity contribution in [3.05, 3.63) is 53.1 Å². The van der Waals surface area contributed by atoms with Gasteiger partial charge in [0.2, 0.25) is 0 Å². The van der Waals surface area contributed by atoms with Crippen molar-refractivity contribution >= 4 is 29.5 Å². The maximum atomic E-state index is 15.2. The lowest BCUT2D eigenvalue weighted by atomic mass is 9.78. The number of rotatable bonds is 5. The van der Waals surface area contributed by atoms with E-state index in [0.29, 0.717) is 35.3 Å². The van der Waals surface area contributed by atoms with E-state index < -0.39 is 42.7 Å². The summed E-state index contributed by atoms with van der Waals surface area (Å²) in [5, 5.41) is 2.56. The second-order valence-corrected chi connectivity index (χ2v) is 10.1. The first kappa shape index (κ1) is 24.6. The Morgan fingerprint density at radius 2 is 1.92 bits per heavy atom.